The Morgan fingerprint density at radius 2 is 1.68 bits per heavy atom. The largest absolute Gasteiger partial charge is 0.481 e. The molecule has 1 saturated carbocycles. The van der Waals surface area contributed by atoms with Crippen LogP contribution in [0.1, 0.15) is 50.2 Å². The Bertz CT molecular complexity index is 1020. The molecule has 2 amide bonds. The van der Waals surface area contributed by atoms with Gasteiger partial charge in [-0.25, -0.2) is 4.79 Å². The Morgan fingerprint density at radius 1 is 1.06 bits per heavy atom. The van der Waals surface area contributed by atoms with E-state index in [4.69, 9.17) is 9.84 Å². The molecule has 0 aromatic heterocycles. The number of hydrogen-bond acceptors (Lipinski definition) is 4. The number of nitrogens with zero attached hydrogens (tertiary/aromatic N) is 1. The molecule has 0 aliphatic heterocycles. The van der Waals surface area contributed by atoms with Crippen molar-refractivity contribution in [3.05, 3.63) is 59.7 Å². The fourth-order valence-corrected chi connectivity index (χ4v) is 5.19. The van der Waals surface area contributed by atoms with Crippen LogP contribution in [0.25, 0.3) is 11.1 Å². The number of carbonyl (C=O) groups is 3. The number of carboxylic acids is 1. The maximum atomic E-state index is 12.9. The molecule has 180 valence electrons. The summed E-state index contributed by atoms with van der Waals surface area (Å²) in [6, 6.07) is 16.3. The van der Waals surface area contributed by atoms with Gasteiger partial charge in [0.1, 0.15) is 6.61 Å². The molecule has 7 nitrogen and oxygen atoms in total. The Hall–Kier alpha value is -3.35. The van der Waals surface area contributed by atoms with Crippen LogP contribution in [0.3, 0.4) is 0 Å². The smallest absolute Gasteiger partial charge is 0.407 e. The SMILES string of the molecule is CCN(CC(C)C(=O)O)C(=O)[C@@H]1CC[C@H](NC(=O)OCC2c3ccccc3-c3ccccc32)C1. The van der Waals surface area contributed by atoms with Gasteiger partial charge >= 0.3 is 12.1 Å². The fraction of sp³-hybridized carbons (Fsp3) is 0.444. The molecule has 0 saturated heterocycles. The number of amides is 2. The van der Waals surface area contributed by atoms with Crippen molar-refractivity contribution in [3.8, 4) is 11.1 Å². The van der Waals surface area contributed by atoms with E-state index in [1.807, 2.05) is 31.2 Å². The summed E-state index contributed by atoms with van der Waals surface area (Å²) in [6.45, 7) is 4.39. The van der Waals surface area contributed by atoms with Crippen molar-refractivity contribution in [2.24, 2.45) is 11.8 Å². The lowest BCUT2D eigenvalue weighted by Gasteiger charge is -2.26. The quantitative estimate of drug-likeness (QED) is 0.609. The Morgan fingerprint density at radius 3 is 2.26 bits per heavy atom. The first-order valence-electron chi connectivity index (χ1n) is 12.0. The molecule has 0 spiro atoms. The summed E-state index contributed by atoms with van der Waals surface area (Å²) in [4.78, 5) is 38.2. The monoisotopic (exact) mass is 464 g/mol. The van der Waals surface area contributed by atoms with Crippen LogP contribution < -0.4 is 5.32 Å². The van der Waals surface area contributed by atoms with Crippen LogP contribution in [-0.4, -0.2) is 53.7 Å². The van der Waals surface area contributed by atoms with Gasteiger partial charge in [-0.15, -0.1) is 0 Å². The van der Waals surface area contributed by atoms with E-state index in [1.165, 1.54) is 22.3 Å². The number of carbonyl (C=O) groups excluding carboxylic acids is 2. The zero-order valence-electron chi connectivity index (χ0n) is 19.7. The fourth-order valence-electron chi connectivity index (χ4n) is 5.19. The minimum atomic E-state index is -0.910. The molecule has 0 bridgehead atoms. The minimum Gasteiger partial charge on any atom is -0.481 e. The number of hydrogen-bond donors (Lipinski definition) is 2. The highest BCUT2D eigenvalue weighted by Crippen LogP contribution is 2.44. The van der Waals surface area contributed by atoms with Crippen LogP contribution in [0.2, 0.25) is 0 Å². The summed E-state index contributed by atoms with van der Waals surface area (Å²) in [5.41, 5.74) is 4.69. The lowest BCUT2D eigenvalue weighted by molar-refractivity contribution is -0.143. The van der Waals surface area contributed by atoms with Gasteiger partial charge < -0.3 is 20.1 Å². The van der Waals surface area contributed by atoms with Gasteiger partial charge in [-0.05, 0) is 48.4 Å². The molecule has 2 aromatic rings. The average Bonchev–Trinajstić information content (AvgIpc) is 3.43. The van der Waals surface area contributed by atoms with Gasteiger partial charge in [0.2, 0.25) is 5.91 Å². The third kappa shape index (κ3) is 4.93. The zero-order chi connectivity index (χ0) is 24.2. The third-order valence-corrected chi connectivity index (χ3v) is 7.06. The summed E-state index contributed by atoms with van der Waals surface area (Å²) < 4.78 is 5.63. The molecular weight excluding hydrogens is 432 g/mol. The predicted molar refractivity (Wildman–Crippen MR) is 128 cm³/mol. The second-order valence-electron chi connectivity index (χ2n) is 9.29. The van der Waals surface area contributed by atoms with Crippen molar-refractivity contribution in [1.82, 2.24) is 10.2 Å². The van der Waals surface area contributed by atoms with E-state index < -0.39 is 18.0 Å². The molecule has 2 aromatic carbocycles. The Kier molecular flexibility index (Phi) is 7.20. The van der Waals surface area contributed by atoms with Crippen LogP contribution in [0.4, 0.5) is 4.79 Å². The van der Waals surface area contributed by atoms with E-state index >= 15 is 0 Å². The lowest BCUT2D eigenvalue weighted by Crippen LogP contribution is -2.40. The van der Waals surface area contributed by atoms with Crippen LogP contribution >= 0.6 is 0 Å². The van der Waals surface area contributed by atoms with Crippen molar-refractivity contribution >= 4 is 18.0 Å². The molecule has 3 atom stereocenters. The predicted octanol–water partition coefficient (Wildman–Crippen LogP) is 4.26. The highest BCUT2D eigenvalue weighted by Gasteiger charge is 2.35. The molecule has 2 N–H and O–H groups in total. The van der Waals surface area contributed by atoms with Crippen molar-refractivity contribution in [1.29, 1.82) is 0 Å². The summed E-state index contributed by atoms with van der Waals surface area (Å²) >= 11 is 0. The standard InChI is InChI=1S/C27H32N2O5/c1-3-29(15-17(2)26(31)32)25(30)18-12-13-19(14-18)28-27(33)34-16-24-22-10-6-4-8-20(22)21-9-5-7-11-23(21)24/h4-11,17-19,24H,3,12-16H2,1-2H3,(H,28,33)(H,31,32)/t17?,18-,19+/m1/s1. The first-order valence-corrected chi connectivity index (χ1v) is 12.0. The summed E-state index contributed by atoms with van der Waals surface area (Å²) in [6.07, 6.45) is 1.45. The van der Waals surface area contributed by atoms with E-state index in [1.54, 1.807) is 11.8 Å². The second-order valence-corrected chi connectivity index (χ2v) is 9.29. The number of fused-ring (bicyclic) bond motifs is 3. The maximum Gasteiger partial charge on any atom is 0.407 e. The van der Waals surface area contributed by atoms with E-state index in [2.05, 4.69) is 29.6 Å². The minimum absolute atomic E-state index is 0.00499. The Balaban J connectivity index is 1.30. The van der Waals surface area contributed by atoms with Gasteiger partial charge in [-0.1, -0.05) is 55.5 Å². The molecule has 1 fully saturated rings. The summed E-state index contributed by atoms with van der Waals surface area (Å²) in [7, 11) is 0. The number of benzene rings is 2. The van der Waals surface area contributed by atoms with Crippen LogP contribution in [0.5, 0.6) is 0 Å². The number of alkyl carbamates (subject to hydrolysis) is 1. The lowest BCUT2D eigenvalue weighted by atomic mass is 9.98. The third-order valence-electron chi connectivity index (χ3n) is 7.06. The molecule has 2 aliphatic rings. The van der Waals surface area contributed by atoms with Crippen LogP contribution in [0.15, 0.2) is 48.5 Å². The van der Waals surface area contributed by atoms with Crippen molar-refractivity contribution < 1.29 is 24.2 Å². The van der Waals surface area contributed by atoms with Gasteiger partial charge in [0.05, 0.1) is 5.92 Å². The van der Waals surface area contributed by atoms with Gasteiger partial charge in [0.15, 0.2) is 0 Å². The van der Waals surface area contributed by atoms with Crippen LogP contribution in [0, 0.1) is 11.8 Å². The van der Waals surface area contributed by atoms with E-state index in [0.29, 0.717) is 25.8 Å². The Labute approximate surface area is 200 Å². The normalized spacial score (nSPS) is 19.7. The van der Waals surface area contributed by atoms with E-state index in [9.17, 15) is 14.4 Å². The maximum absolute atomic E-state index is 12.9. The highest BCUT2D eigenvalue weighted by atomic mass is 16.5. The topological polar surface area (TPSA) is 95.9 Å². The molecule has 2 aliphatic carbocycles. The van der Waals surface area contributed by atoms with E-state index in [-0.39, 0.29) is 36.9 Å². The number of aliphatic carboxylic acids is 1. The first-order chi connectivity index (χ1) is 16.4. The zero-order valence-corrected chi connectivity index (χ0v) is 19.7. The first kappa shape index (κ1) is 23.8. The molecule has 7 heteroatoms. The average molecular weight is 465 g/mol. The van der Waals surface area contributed by atoms with Crippen molar-refractivity contribution in [2.45, 2.75) is 45.1 Å². The van der Waals surface area contributed by atoms with Gasteiger partial charge in [0, 0.05) is 31.0 Å². The van der Waals surface area contributed by atoms with Gasteiger partial charge in [-0.2, -0.15) is 0 Å². The van der Waals surface area contributed by atoms with Crippen LogP contribution in [-0.2, 0) is 14.3 Å². The van der Waals surface area contributed by atoms with Crippen molar-refractivity contribution in [2.75, 3.05) is 19.7 Å². The second kappa shape index (κ2) is 10.3. The molecule has 34 heavy (non-hydrogen) atoms. The summed E-state index contributed by atoms with van der Waals surface area (Å²) in [5, 5.41) is 12.1. The molecule has 0 radical (unpaired) electrons. The number of ether oxygens (including phenoxy) is 1. The molecular formula is C27H32N2O5. The van der Waals surface area contributed by atoms with Gasteiger partial charge in [0.25, 0.3) is 0 Å². The number of rotatable bonds is 8. The highest BCUT2D eigenvalue weighted by molar-refractivity contribution is 5.81. The van der Waals surface area contributed by atoms with E-state index in [0.717, 1.165) is 0 Å². The van der Waals surface area contributed by atoms with Crippen molar-refractivity contribution in [3.63, 3.8) is 0 Å². The number of carboxylic acid groups (broad SMARTS) is 1. The summed E-state index contributed by atoms with van der Waals surface area (Å²) in [5.74, 6) is -1.76. The molecule has 4 rings (SSSR count). The van der Waals surface area contributed by atoms with Gasteiger partial charge in [-0.3, -0.25) is 9.59 Å². The molecule has 1 unspecified atom stereocenters. The number of nitrogens with one attached hydrogen (secondary N) is 1. The molecule has 0 heterocycles.